The Hall–Kier alpha value is -3.30. The van der Waals surface area contributed by atoms with Gasteiger partial charge in [-0.05, 0) is 35.4 Å². The maximum atomic E-state index is 13.5. The fourth-order valence-electron chi connectivity index (χ4n) is 5.38. The van der Waals surface area contributed by atoms with Crippen LogP contribution in [0.3, 0.4) is 0 Å². The predicted molar refractivity (Wildman–Crippen MR) is 117 cm³/mol. The van der Waals surface area contributed by atoms with Gasteiger partial charge in [-0.25, -0.2) is 23.2 Å². The van der Waals surface area contributed by atoms with Crippen molar-refractivity contribution < 1.29 is 13.6 Å². The minimum absolute atomic E-state index is 0.0565. The van der Waals surface area contributed by atoms with Gasteiger partial charge in [-0.3, -0.25) is 9.20 Å². The van der Waals surface area contributed by atoms with Crippen LogP contribution in [0.15, 0.2) is 35.4 Å². The normalized spacial score (nSPS) is 25.6. The SMILES string of the molecule is CC1C2CN(c3ccn4c(=O)n(C)nc4c3)c3ncc(C(=O)N4CCC(F)(F)CC4)cc3C12. The number of fused-ring (bicyclic) bond motifs is 4. The lowest BCUT2D eigenvalue weighted by molar-refractivity contribution is -0.0494. The number of piperidine rings is 1. The number of halogens is 2. The number of hydrogen-bond acceptors (Lipinski definition) is 5. The molecule has 0 spiro atoms. The Morgan fingerprint density at radius 2 is 1.97 bits per heavy atom. The zero-order valence-corrected chi connectivity index (χ0v) is 18.4. The van der Waals surface area contributed by atoms with Crippen molar-refractivity contribution in [2.24, 2.45) is 18.9 Å². The van der Waals surface area contributed by atoms with Crippen molar-refractivity contribution in [1.29, 1.82) is 0 Å². The molecule has 172 valence electrons. The molecule has 1 saturated heterocycles. The molecule has 0 aromatic carbocycles. The fraction of sp³-hybridized carbons (Fsp3) is 0.478. The molecule has 5 heterocycles. The highest BCUT2D eigenvalue weighted by Gasteiger charge is 2.53. The molecular formula is C23H24F2N6O2. The van der Waals surface area contributed by atoms with Crippen LogP contribution >= 0.6 is 0 Å². The summed E-state index contributed by atoms with van der Waals surface area (Å²) in [5, 5.41) is 4.28. The molecular weight excluding hydrogens is 430 g/mol. The second-order valence-electron chi connectivity index (χ2n) is 9.46. The summed E-state index contributed by atoms with van der Waals surface area (Å²) in [5.41, 5.74) is 2.71. The average Bonchev–Trinajstić information content (AvgIpc) is 3.37. The van der Waals surface area contributed by atoms with Gasteiger partial charge in [0.15, 0.2) is 5.65 Å². The topological polar surface area (TPSA) is 75.7 Å². The highest BCUT2D eigenvalue weighted by Crippen LogP contribution is 2.60. The first kappa shape index (κ1) is 20.3. The number of pyridine rings is 2. The van der Waals surface area contributed by atoms with Gasteiger partial charge in [0.05, 0.1) is 5.56 Å². The van der Waals surface area contributed by atoms with E-state index in [0.29, 0.717) is 29.0 Å². The molecule has 1 saturated carbocycles. The number of aryl methyl sites for hydroxylation is 1. The molecule has 33 heavy (non-hydrogen) atoms. The van der Waals surface area contributed by atoms with E-state index in [-0.39, 0.29) is 37.5 Å². The zero-order chi connectivity index (χ0) is 23.1. The molecule has 0 N–H and O–H groups in total. The smallest absolute Gasteiger partial charge is 0.338 e. The van der Waals surface area contributed by atoms with Crippen LogP contribution in [0.1, 0.15) is 41.6 Å². The molecule has 3 atom stereocenters. The summed E-state index contributed by atoms with van der Waals surface area (Å²) in [4.78, 5) is 33.5. The van der Waals surface area contributed by atoms with Gasteiger partial charge in [0.25, 0.3) is 11.8 Å². The van der Waals surface area contributed by atoms with Gasteiger partial charge in [-0.1, -0.05) is 6.92 Å². The molecule has 1 aliphatic carbocycles. The number of carbonyl (C=O) groups excluding carboxylic acids is 1. The molecule has 10 heteroatoms. The third-order valence-corrected chi connectivity index (χ3v) is 7.46. The Labute approximate surface area is 188 Å². The first-order valence-corrected chi connectivity index (χ1v) is 11.2. The molecule has 2 fully saturated rings. The molecule has 3 aromatic heterocycles. The lowest BCUT2D eigenvalue weighted by Gasteiger charge is -2.32. The number of rotatable bonds is 2. The fourth-order valence-corrected chi connectivity index (χ4v) is 5.38. The number of carbonyl (C=O) groups is 1. The number of aromatic nitrogens is 4. The minimum atomic E-state index is -2.69. The van der Waals surface area contributed by atoms with E-state index in [2.05, 4.69) is 21.9 Å². The average molecular weight is 454 g/mol. The lowest BCUT2D eigenvalue weighted by Crippen LogP contribution is -2.42. The van der Waals surface area contributed by atoms with E-state index in [1.807, 2.05) is 18.2 Å². The van der Waals surface area contributed by atoms with Gasteiger partial charge in [0.1, 0.15) is 5.82 Å². The summed E-state index contributed by atoms with van der Waals surface area (Å²) in [6.45, 7) is 3.11. The molecule has 3 aromatic rings. The van der Waals surface area contributed by atoms with E-state index in [0.717, 1.165) is 23.6 Å². The summed E-state index contributed by atoms with van der Waals surface area (Å²) in [5.74, 6) is -0.885. The van der Waals surface area contributed by atoms with Crippen molar-refractivity contribution in [1.82, 2.24) is 24.1 Å². The summed E-state index contributed by atoms with van der Waals surface area (Å²) in [6.07, 6.45) is 2.67. The first-order valence-electron chi connectivity index (χ1n) is 11.2. The molecule has 8 nitrogen and oxygen atoms in total. The van der Waals surface area contributed by atoms with Crippen molar-refractivity contribution in [2.75, 3.05) is 24.5 Å². The van der Waals surface area contributed by atoms with Gasteiger partial charge in [-0.2, -0.15) is 5.10 Å². The molecule has 0 bridgehead atoms. The summed E-state index contributed by atoms with van der Waals surface area (Å²) in [7, 11) is 1.62. The van der Waals surface area contributed by atoms with E-state index in [1.54, 1.807) is 19.4 Å². The van der Waals surface area contributed by atoms with E-state index in [4.69, 9.17) is 0 Å². The summed E-state index contributed by atoms with van der Waals surface area (Å²) >= 11 is 0. The van der Waals surface area contributed by atoms with Crippen LogP contribution in [0.4, 0.5) is 20.3 Å². The van der Waals surface area contributed by atoms with E-state index < -0.39 is 5.92 Å². The molecule has 2 aliphatic heterocycles. The number of hydrogen-bond donors (Lipinski definition) is 0. The second kappa shape index (κ2) is 6.85. The minimum Gasteiger partial charge on any atom is -0.338 e. The Bertz CT molecular complexity index is 1340. The Morgan fingerprint density at radius 3 is 2.73 bits per heavy atom. The second-order valence-corrected chi connectivity index (χ2v) is 9.46. The Kier molecular flexibility index (Phi) is 4.22. The maximum Gasteiger partial charge on any atom is 0.350 e. The third kappa shape index (κ3) is 3.14. The Balaban J connectivity index is 1.35. The molecule has 3 unspecified atom stereocenters. The van der Waals surface area contributed by atoms with Crippen LogP contribution in [0, 0.1) is 11.8 Å². The van der Waals surface area contributed by atoms with Gasteiger partial charge in [-0.15, -0.1) is 0 Å². The van der Waals surface area contributed by atoms with Crippen LogP contribution in [-0.2, 0) is 7.05 Å². The van der Waals surface area contributed by atoms with Crippen molar-refractivity contribution in [3.63, 3.8) is 0 Å². The largest absolute Gasteiger partial charge is 0.350 e. The van der Waals surface area contributed by atoms with Crippen molar-refractivity contribution >= 4 is 23.1 Å². The number of alkyl halides is 2. The highest BCUT2D eigenvalue weighted by atomic mass is 19.3. The van der Waals surface area contributed by atoms with Gasteiger partial charge in [0.2, 0.25) is 0 Å². The molecule has 6 rings (SSSR count). The Morgan fingerprint density at radius 1 is 1.21 bits per heavy atom. The predicted octanol–water partition coefficient (Wildman–Crippen LogP) is 2.80. The lowest BCUT2D eigenvalue weighted by atomic mass is 10.0. The van der Waals surface area contributed by atoms with Crippen molar-refractivity contribution in [3.05, 3.63) is 52.2 Å². The van der Waals surface area contributed by atoms with Crippen LogP contribution in [0.25, 0.3) is 5.65 Å². The number of anilines is 2. The quantitative estimate of drug-likeness (QED) is 0.595. The van der Waals surface area contributed by atoms with Crippen LogP contribution < -0.4 is 10.6 Å². The van der Waals surface area contributed by atoms with E-state index in [9.17, 15) is 18.4 Å². The molecule has 1 amide bonds. The van der Waals surface area contributed by atoms with Gasteiger partial charge >= 0.3 is 5.69 Å². The summed E-state index contributed by atoms with van der Waals surface area (Å²) < 4.78 is 29.8. The van der Waals surface area contributed by atoms with Crippen LogP contribution in [-0.4, -0.2) is 55.5 Å². The van der Waals surface area contributed by atoms with Crippen molar-refractivity contribution in [3.8, 4) is 0 Å². The standard InChI is InChI=1S/C23H24F2N6O2/c1-13-17-12-31(15-3-6-30-18(10-15)27-28(2)22(30)33)20-16(19(13)17)9-14(11-26-20)21(32)29-7-4-23(24,25)5-8-29/h3,6,9-11,13,17,19H,4-5,7-8,12H2,1-2H3. The molecule has 3 aliphatic rings. The summed E-state index contributed by atoms with van der Waals surface area (Å²) in [6, 6.07) is 5.64. The number of likely N-dealkylation sites (tertiary alicyclic amines) is 1. The van der Waals surface area contributed by atoms with Crippen LogP contribution in [0.5, 0.6) is 0 Å². The highest BCUT2D eigenvalue weighted by molar-refractivity contribution is 5.95. The van der Waals surface area contributed by atoms with Crippen molar-refractivity contribution in [2.45, 2.75) is 31.6 Å². The monoisotopic (exact) mass is 454 g/mol. The third-order valence-electron chi connectivity index (χ3n) is 7.46. The van der Waals surface area contributed by atoms with Gasteiger partial charge in [0, 0.05) is 63.7 Å². The number of amides is 1. The van der Waals surface area contributed by atoms with Gasteiger partial charge < -0.3 is 9.80 Å². The molecule has 0 radical (unpaired) electrons. The first-order chi connectivity index (χ1) is 15.7. The van der Waals surface area contributed by atoms with E-state index in [1.165, 1.54) is 14.0 Å². The van der Waals surface area contributed by atoms with Crippen LogP contribution in [0.2, 0.25) is 0 Å². The zero-order valence-electron chi connectivity index (χ0n) is 18.4. The van der Waals surface area contributed by atoms with E-state index >= 15 is 0 Å². The number of nitrogens with zero attached hydrogens (tertiary/aromatic N) is 6. The maximum absolute atomic E-state index is 13.5.